The summed E-state index contributed by atoms with van der Waals surface area (Å²) in [6.07, 6.45) is 32.8. The number of nitrogens with zero attached hydrogens (tertiary/aromatic N) is 6. The molecule has 7 amide bonds. The largest absolute Gasteiger partial charge is 0.379 e. The molecule has 4 aromatic carbocycles. The van der Waals surface area contributed by atoms with Gasteiger partial charge in [0, 0.05) is 133 Å². The number of unbranched alkanes of at least 4 members (excludes halogenated alkanes) is 18. The van der Waals surface area contributed by atoms with Crippen LogP contribution < -0.4 is 25.8 Å². The van der Waals surface area contributed by atoms with E-state index in [0.29, 0.717) is 106 Å². The second-order valence-corrected chi connectivity index (χ2v) is 23.7. The minimum absolute atomic E-state index is 0.0410. The highest BCUT2D eigenvalue weighted by atomic mass is 16.5. The third-order valence-corrected chi connectivity index (χ3v) is 15.4. The molecule has 0 spiro atoms. The highest BCUT2D eigenvalue weighted by Crippen LogP contribution is 2.22. The molecule has 0 fully saturated rings. The highest BCUT2D eigenvalue weighted by molar-refractivity contribution is 6.28. The maximum atomic E-state index is 12.2. The molecule has 2 aliphatic heterocycles. The number of rotatable bonds is 40. The molecular weight excluding hydrogens is 1320 g/mol. The van der Waals surface area contributed by atoms with Crippen LogP contribution in [0.2, 0.25) is 0 Å². The number of nitriles is 4. The van der Waals surface area contributed by atoms with Gasteiger partial charge in [-0.3, -0.25) is 33.6 Å². The maximum Gasteiger partial charge on any atom is 0.258 e. The second-order valence-electron chi connectivity index (χ2n) is 23.7. The Hall–Kier alpha value is -11.8. The van der Waals surface area contributed by atoms with Gasteiger partial charge in [-0.25, -0.2) is 9.80 Å². The molecule has 0 saturated heterocycles. The summed E-state index contributed by atoms with van der Waals surface area (Å²) in [6, 6.07) is 34.0. The van der Waals surface area contributed by atoms with E-state index in [1.54, 1.807) is 121 Å². The number of carbonyl (C=O) groups excluding carboxylic acids is 7. The lowest BCUT2D eigenvalue weighted by molar-refractivity contribution is -0.122. The second kappa shape index (κ2) is 58.8. The van der Waals surface area contributed by atoms with E-state index in [1.807, 2.05) is 0 Å². The average Bonchev–Trinajstić information content (AvgIpc) is 1.72. The molecule has 6 rings (SSSR count). The highest BCUT2D eigenvalue weighted by Gasteiger charge is 2.26. The molecule has 2 aliphatic rings. The number of ether oxygens (including phenoxy) is 3. The Bertz CT molecular complexity index is 3990. The number of amides is 7. The molecule has 0 bridgehead atoms. The van der Waals surface area contributed by atoms with E-state index in [4.69, 9.17) is 35.3 Å². The molecule has 105 heavy (non-hydrogen) atoms. The number of imide groups is 2. The Labute approximate surface area is 621 Å². The monoisotopic (exact) mass is 1410 g/mol. The van der Waals surface area contributed by atoms with Crippen LogP contribution in [0.4, 0.5) is 17.1 Å². The van der Waals surface area contributed by atoms with Crippen LogP contribution in [0.1, 0.15) is 207 Å². The van der Waals surface area contributed by atoms with E-state index in [2.05, 4.69) is 101 Å². The van der Waals surface area contributed by atoms with Gasteiger partial charge in [-0.15, -0.1) is 0 Å². The van der Waals surface area contributed by atoms with E-state index in [-0.39, 0.29) is 41.4 Å². The van der Waals surface area contributed by atoms with Gasteiger partial charge in [-0.05, 0) is 141 Å². The summed E-state index contributed by atoms with van der Waals surface area (Å²) in [5, 5.41) is 42.1. The fourth-order valence-corrected chi connectivity index (χ4v) is 9.86. The number of benzene rings is 4. The maximum absolute atomic E-state index is 12.2. The molecule has 0 unspecified atom stereocenters. The molecule has 19 heteroatoms. The predicted molar refractivity (Wildman–Crippen MR) is 408 cm³/mol. The zero-order valence-electron chi connectivity index (χ0n) is 60.6. The van der Waals surface area contributed by atoms with Crippen LogP contribution in [0, 0.1) is 116 Å². The quantitative estimate of drug-likeness (QED) is 0.0212. The van der Waals surface area contributed by atoms with Gasteiger partial charge < -0.3 is 30.2 Å². The van der Waals surface area contributed by atoms with Gasteiger partial charge >= 0.3 is 0 Å². The van der Waals surface area contributed by atoms with Crippen LogP contribution in [0.3, 0.4) is 0 Å². The summed E-state index contributed by atoms with van der Waals surface area (Å²) in [4.78, 5) is 83.6. The first-order chi connectivity index (χ1) is 51.4. The van der Waals surface area contributed by atoms with Crippen LogP contribution in [0.5, 0.6) is 0 Å². The van der Waals surface area contributed by atoms with Crippen LogP contribution in [0.15, 0.2) is 121 Å². The normalized spacial score (nSPS) is 11.0. The van der Waals surface area contributed by atoms with Crippen molar-refractivity contribution in [3.8, 4) is 95.3 Å². The molecule has 544 valence electrons. The fraction of sp³-hybridized carbons (Fsp3) is 0.407. The molecule has 3 N–H and O–H groups in total. The fourth-order valence-electron chi connectivity index (χ4n) is 9.86. The van der Waals surface area contributed by atoms with Crippen molar-refractivity contribution in [2.75, 3.05) is 67.8 Å². The smallest absolute Gasteiger partial charge is 0.258 e. The molecular formula is C86H95N9O10. The van der Waals surface area contributed by atoms with Crippen molar-refractivity contribution in [3.05, 3.63) is 149 Å². The van der Waals surface area contributed by atoms with Crippen molar-refractivity contribution in [1.29, 1.82) is 21.0 Å². The molecule has 0 aromatic heterocycles. The first-order valence-corrected chi connectivity index (χ1v) is 36.0. The van der Waals surface area contributed by atoms with Crippen molar-refractivity contribution < 1.29 is 47.8 Å². The Morgan fingerprint density at radius 2 is 0.762 bits per heavy atom. The lowest BCUT2D eigenvalue weighted by atomic mass is 10.1. The summed E-state index contributed by atoms with van der Waals surface area (Å²) in [5.41, 5.74) is 4.95. The van der Waals surface area contributed by atoms with Gasteiger partial charge in [0.15, 0.2) is 24.3 Å². The standard InChI is InChI=1S/C45H67N3O5.C15H16N2O.2C13H6N2O2/c1-2-3-4-5-6-7-8-9-10-11-12-13-14-15-16-17-18-19-20-21-22-23-28-44(49)47-34-25-36-51-38-40-53-41-39-52-37-26-35-48-45(50)43-31-29-42(30-32-43)27-24-33-46;1-2-3-4-7-15(18)17-14-10-8-13(9-11-14)6-5-12-16;14-8-2-4-10-3-1-5-11(9-10)15-12(16)6-7-13(15)17;14-9-1-2-10-3-5-11(6-4-10)15-12(16)7-8-13(15)17/h29-32H,2-12,17-23,25-26,28,34-41H2,1H3,(H,47,49)(H,48,50);8-11H,2-4,7H2,1H3,(H,17,18);1,3,5-7,9H;3-8H. The third-order valence-electron chi connectivity index (χ3n) is 15.4. The number of carbonyl (C=O) groups is 7. The molecule has 4 aromatic rings. The predicted octanol–water partition coefficient (Wildman–Crippen LogP) is 13.7. The van der Waals surface area contributed by atoms with Crippen LogP contribution in [-0.4, -0.2) is 94.1 Å². The Kier molecular flexibility index (Phi) is 49.0. The summed E-state index contributed by atoms with van der Waals surface area (Å²) >= 11 is 0. The lowest BCUT2D eigenvalue weighted by Gasteiger charge is -2.13. The minimum atomic E-state index is -0.375. The van der Waals surface area contributed by atoms with E-state index in [1.165, 1.54) is 108 Å². The van der Waals surface area contributed by atoms with Crippen molar-refractivity contribution in [1.82, 2.24) is 10.6 Å². The van der Waals surface area contributed by atoms with Crippen molar-refractivity contribution in [2.24, 2.45) is 0 Å². The first-order valence-electron chi connectivity index (χ1n) is 36.0. The summed E-state index contributed by atoms with van der Waals surface area (Å²) in [7, 11) is 0. The molecule has 0 aliphatic carbocycles. The average molecular weight is 1410 g/mol. The van der Waals surface area contributed by atoms with Crippen LogP contribution in [-0.2, 0) is 43.0 Å². The minimum Gasteiger partial charge on any atom is -0.379 e. The van der Waals surface area contributed by atoms with Gasteiger partial charge in [-0.1, -0.05) is 152 Å². The van der Waals surface area contributed by atoms with Gasteiger partial charge in [-0.2, -0.15) is 21.0 Å². The molecule has 2 heterocycles. The zero-order valence-corrected chi connectivity index (χ0v) is 60.6. The Morgan fingerprint density at radius 3 is 1.24 bits per heavy atom. The van der Waals surface area contributed by atoms with Crippen LogP contribution >= 0.6 is 0 Å². The number of hydrogen-bond donors (Lipinski definition) is 3. The van der Waals surface area contributed by atoms with Gasteiger partial charge in [0.1, 0.15) is 0 Å². The summed E-state index contributed by atoms with van der Waals surface area (Å²) in [5.74, 6) is 30.8. The van der Waals surface area contributed by atoms with Gasteiger partial charge in [0.2, 0.25) is 11.8 Å². The van der Waals surface area contributed by atoms with Crippen molar-refractivity contribution >= 4 is 58.4 Å². The lowest BCUT2D eigenvalue weighted by Crippen LogP contribution is -2.29. The van der Waals surface area contributed by atoms with Crippen molar-refractivity contribution in [2.45, 2.75) is 174 Å². The van der Waals surface area contributed by atoms with Crippen LogP contribution in [0.25, 0.3) is 0 Å². The Morgan fingerprint density at radius 1 is 0.381 bits per heavy atom. The van der Waals surface area contributed by atoms with E-state index < -0.39 is 0 Å². The topological polar surface area (TPSA) is 285 Å². The summed E-state index contributed by atoms with van der Waals surface area (Å²) < 4.78 is 16.6. The molecule has 0 atom stereocenters. The van der Waals surface area contributed by atoms with E-state index in [9.17, 15) is 33.6 Å². The first kappa shape index (κ1) is 87.5. The zero-order chi connectivity index (χ0) is 75.8. The number of anilines is 3. The number of nitrogens with one attached hydrogen (secondary N) is 3. The Balaban J connectivity index is 0.000000437. The SMILES string of the molecule is CCCCCC(=O)Nc1ccc(C#CC#N)cc1.CCCCCCCCCCCCC#CC#CCCCCCCCCC(=O)NCCCOCCOCCOCCCNC(=O)c1ccc(C#CC#N)cc1.N#CC#Cc1ccc(N2C(=O)C=CC2=O)cc1.N#CC#Cc1cccc(N2C(=O)C=CC2=O)c1. The van der Waals surface area contributed by atoms with Crippen molar-refractivity contribution in [3.63, 3.8) is 0 Å². The molecule has 0 radical (unpaired) electrons. The van der Waals surface area contributed by atoms with Gasteiger partial charge in [0.25, 0.3) is 29.5 Å². The van der Waals surface area contributed by atoms with Gasteiger partial charge in [0.05, 0.1) is 37.8 Å². The molecule has 19 nitrogen and oxygen atoms in total. The molecule has 0 saturated carbocycles. The third kappa shape index (κ3) is 42.3. The number of hydrogen-bond acceptors (Lipinski definition) is 14. The van der Waals surface area contributed by atoms with E-state index in [0.717, 1.165) is 78.8 Å². The van der Waals surface area contributed by atoms with E-state index >= 15 is 0 Å². The summed E-state index contributed by atoms with van der Waals surface area (Å²) in [6.45, 7) is 8.60.